The van der Waals surface area contributed by atoms with Crippen LogP contribution in [-0.4, -0.2) is 57.7 Å². The standard InChI is InChI=1S/C25H34FN5O/c1-16(27)20(17(2)29-3)11-12-32-25-14-19(26)8-9-21(25)18-7-10-24(30-4)22(13-18)23(28)15-31(5)6/h7-10,13-14,28,30H,11-12,15,27H2,1-6H3. The lowest BCUT2D eigenvalue weighted by atomic mass is 9.98. The van der Waals surface area contributed by atoms with Gasteiger partial charge in [0, 0.05) is 61.4 Å². The summed E-state index contributed by atoms with van der Waals surface area (Å²) < 4.78 is 20.1. The lowest BCUT2D eigenvalue weighted by Crippen LogP contribution is -2.22. The fraction of sp³-hybridized carbons (Fsp3) is 0.360. The van der Waals surface area contributed by atoms with Crippen LogP contribution in [0.2, 0.25) is 0 Å². The highest BCUT2D eigenvalue weighted by atomic mass is 19.1. The third kappa shape index (κ3) is 6.40. The van der Waals surface area contributed by atoms with Crippen LogP contribution in [0.15, 0.2) is 52.7 Å². The zero-order valence-electron chi connectivity index (χ0n) is 19.8. The molecule has 2 aromatic carbocycles. The van der Waals surface area contributed by atoms with Gasteiger partial charge < -0.3 is 26.1 Å². The molecular formula is C25H34FN5O. The first-order valence-electron chi connectivity index (χ1n) is 10.5. The van der Waals surface area contributed by atoms with Gasteiger partial charge >= 0.3 is 0 Å². The number of hydrogen-bond acceptors (Lipinski definition) is 6. The third-order valence-corrected chi connectivity index (χ3v) is 5.20. The van der Waals surface area contributed by atoms with Gasteiger partial charge in [-0.05, 0) is 63.3 Å². The molecule has 2 rings (SSSR count). The molecule has 172 valence electrons. The quantitative estimate of drug-likeness (QED) is 0.474. The van der Waals surface area contributed by atoms with Crippen LogP contribution in [0, 0.1) is 11.2 Å². The van der Waals surface area contributed by atoms with Gasteiger partial charge in [0.25, 0.3) is 0 Å². The number of halogens is 1. The average Bonchev–Trinajstić information content (AvgIpc) is 2.75. The molecule has 0 unspecified atom stereocenters. The highest BCUT2D eigenvalue weighted by molar-refractivity contribution is 6.05. The lowest BCUT2D eigenvalue weighted by Gasteiger charge is -2.17. The van der Waals surface area contributed by atoms with Gasteiger partial charge in [-0.3, -0.25) is 4.99 Å². The van der Waals surface area contributed by atoms with Crippen molar-refractivity contribution in [1.29, 1.82) is 5.41 Å². The van der Waals surface area contributed by atoms with Crippen LogP contribution in [-0.2, 0) is 0 Å². The van der Waals surface area contributed by atoms with Crippen molar-refractivity contribution >= 4 is 17.1 Å². The van der Waals surface area contributed by atoms with Gasteiger partial charge in [0.15, 0.2) is 0 Å². The Hall–Kier alpha value is -3.19. The zero-order chi connectivity index (χ0) is 23.8. The number of nitrogens with two attached hydrogens (primary N) is 1. The number of benzene rings is 2. The summed E-state index contributed by atoms with van der Waals surface area (Å²) in [6.45, 7) is 4.60. The summed E-state index contributed by atoms with van der Waals surface area (Å²) in [7, 11) is 7.42. The minimum absolute atomic E-state index is 0.338. The summed E-state index contributed by atoms with van der Waals surface area (Å²) in [6.07, 6.45) is 0.568. The molecule has 0 radical (unpaired) electrons. The molecule has 0 spiro atoms. The van der Waals surface area contributed by atoms with Gasteiger partial charge in [0.2, 0.25) is 0 Å². The zero-order valence-corrected chi connectivity index (χ0v) is 19.8. The minimum atomic E-state index is -0.367. The summed E-state index contributed by atoms with van der Waals surface area (Å²) in [5.74, 6) is 0.0839. The molecule has 2 aromatic rings. The molecule has 0 heterocycles. The molecule has 4 N–H and O–H groups in total. The molecule has 7 heteroatoms. The molecule has 0 aliphatic carbocycles. The maximum absolute atomic E-state index is 14.1. The van der Waals surface area contributed by atoms with Gasteiger partial charge in [-0.2, -0.15) is 0 Å². The molecule has 0 atom stereocenters. The largest absolute Gasteiger partial charge is 0.492 e. The Balaban J connectivity index is 2.37. The third-order valence-electron chi connectivity index (χ3n) is 5.20. The van der Waals surface area contributed by atoms with Crippen molar-refractivity contribution in [3.05, 3.63) is 59.0 Å². The highest BCUT2D eigenvalue weighted by Gasteiger charge is 2.14. The Morgan fingerprint density at radius 3 is 2.50 bits per heavy atom. The molecular weight excluding hydrogens is 405 g/mol. The maximum Gasteiger partial charge on any atom is 0.130 e. The SMILES string of the molecule is CN=C(C)C(CCOc1cc(F)ccc1-c1ccc(NC)c(C(=N)CN(C)C)c1)=C(C)N. The van der Waals surface area contributed by atoms with Crippen LogP contribution in [0.5, 0.6) is 5.75 Å². The van der Waals surface area contributed by atoms with Crippen molar-refractivity contribution in [2.75, 3.05) is 46.7 Å². The van der Waals surface area contributed by atoms with E-state index in [1.165, 1.54) is 12.1 Å². The predicted molar refractivity (Wildman–Crippen MR) is 133 cm³/mol. The smallest absolute Gasteiger partial charge is 0.130 e. The van der Waals surface area contributed by atoms with Crippen molar-refractivity contribution in [1.82, 2.24) is 4.90 Å². The average molecular weight is 440 g/mol. The van der Waals surface area contributed by atoms with E-state index in [2.05, 4.69) is 10.3 Å². The molecule has 32 heavy (non-hydrogen) atoms. The van der Waals surface area contributed by atoms with Gasteiger partial charge in [-0.15, -0.1) is 0 Å². The summed E-state index contributed by atoms with van der Waals surface area (Å²) in [5.41, 5.74) is 12.3. The number of rotatable bonds is 10. The summed E-state index contributed by atoms with van der Waals surface area (Å²) in [4.78, 5) is 6.16. The number of anilines is 1. The van der Waals surface area contributed by atoms with Crippen LogP contribution < -0.4 is 15.8 Å². The van der Waals surface area contributed by atoms with Crippen LogP contribution in [0.3, 0.4) is 0 Å². The van der Waals surface area contributed by atoms with Crippen LogP contribution in [0.4, 0.5) is 10.1 Å². The second kappa shape index (κ2) is 11.4. The van der Waals surface area contributed by atoms with Gasteiger partial charge in [0.05, 0.1) is 12.3 Å². The van der Waals surface area contributed by atoms with Crippen LogP contribution in [0.25, 0.3) is 11.1 Å². The van der Waals surface area contributed by atoms with E-state index in [9.17, 15) is 4.39 Å². The monoisotopic (exact) mass is 439 g/mol. The Labute approximate surface area is 190 Å². The summed E-state index contributed by atoms with van der Waals surface area (Å²) in [5, 5.41) is 11.7. The van der Waals surface area contributed by atoms with Crippen LogP contribution in [0.1, 0.15) is 25.8 Å². The Kier molecular flexibility index (Phi) is 8.96. The lowest BCUT2D eigenvalue weighted by molar-refractivity contribution is 0.322. The second-order valence-corrected chi connectivity index (χ2v) is 7.94. The fourth-order valence-corrected chi connectivity index (χ4v) is 3.50. The second-order valence-electron chi connectivity index (χ2n) is 7.94. The van der Waals surface area contributed by atoms with E-state index in [0.29, 0.717) is 36.7 Å². The number of ether oxygens (including phenoxy) is 1. The topological polar surface area (TPSA) is 86.7 Å². The van der Waals surface area contributed by atoms with Gasteiger partial charge in [-0.25, -0.2) is 4.39 Å². The molecule has 6 nitrogen and oxygen atoms in total. The van der Waals surface area contributed by atoms with E-state index < -0.39 is 0 Å². The molecule has 0 saturated carbocycles. The van der Waals surface area contributed by atoms with E-state index in [-0.39, 0.29) is 5.82 Å². The first-order valence-corrected chi connectivity index (χ1v) is 10.5. The summed E-state index contributed by atoms with van der Waals surface area (Å²) in [6, 6.07) is 10.3. The van der Waals surface area contributed by atoms with Crippen molar-refractivity contribution in [2.45, 2.75) is 20.3 Å². The van der Waals surface area contributed by atoms with Crippen LogP contribution >= 0.6 is 0 Å². The minimum Gasteiger partial charge on any atom is -0.492 e. The van der Waals surface area contributed by atoms with Crippen molar-refractivity contribution < 1.29 is 9.13 Å². The molecule has 0 amide bonds. The van der Waals surface area contributed by atoms with Crippen molar-refractivity contribution in [3.63, 3.8) is 0 Å². The Morgan fingerprint density at radius 2 is 1.91 bits per heavy atom. The predicted octanol–water partition coefficient (Wildman–Crippen LogP) is 4.56. The Morgan fingerprint density at radius 1 is 1.19 bits per heavy atom. The molecule has 0 bridgehead atoms. The summed E-state index contributed by atoms with van der Waals surface area (Å²) >= 11 is 0. The first-order chi connectivity index (χ1) is 15.2. The number of likely N-dealkylation sites (N-methyl/N-ethyl adjacent to an activating group) is 1. The van der Waals surface area contributed by atoms with Crippen molar-refractivity contribution in [2.24, 2.45) is 10.7 Å². The molecule has 0 aliphatic rings. The molecule has 0 aromatic heterocycles. The molecule has 0 fully saturated rings. The van der Waals surface area contributed by atoms with E-state index >= 15 is 0 Å². The Bertz CT molecular complexity index is 1020. The number of allylic oxidation sites excluding steroid dienone is 1. The highest BCUT2D eigenvalue weighted by Crippen LogP contribution is 2.33. The van der Waals surface area contributed by atoms with E-state index in [1.54, 1.807) is 13.1 Å². The van der Waals surface area contributed by atoms with E-state index in [4.69, 9.17) is 15.9 Å². The van der Waals surface area contributed by atoms with Gasteiger partial charge in [-0.1, -0.05) is 6.07 Å². The molecule has 0 saturated heterocycles. The maximum atomic E-state index is 14.1. The number of nitrogens with one attached hydrogen (secondary N) is 2. The first kappa shape index (κ1) is 25.1. The van der Waals surface area contributed by atoms with E-state index in [0.717, 1.165) is 33.7 Å². The normalized spacial score (nSPS) is 12.6. The number of aliphatic imine (C=N–C) groups is 1. The number of hydrogen-bond donors (Lipinski definition) is 3. The molecule has 0 aliphatic heterocycles. The fourth-order valence-electron chi connectivity index (χ4n) is 3.50. The van der Waals surface area contributed by atoms with Crippen molar-refractivity contribution in [3.8, 4) is 16.9 Å². The van der Waals surface area contributed by atoms with E-state index in [1.807, 2.05) is 58.1 Å². The van der Waals surface area contributed by atoms with Gasteiger partial charge in [0.1, 0.15) is 11.6 Å². The number of nitrogens with zero attached hydrogens (tertiary/aromatic N) is 2.